The van der Waals surface area contributed by atoms with Crippen LogP contribution in [0.1, 0.15) is 25.7 Å². The third kappa shape index (κ3) is 2.52. The number of amides is 1. The van der Waals surface area contributed by atoms with Gasteiger partial charge in [0.2, 0.25) is 5.91 Å². The molecule has 2 fully saturated rings. The summed E-state index contributed by atoms with van der Waals surface area (Å²) in [4.78, 5) is 16.6. The van der Waals surface area contributed by atoms with Crippen molar-refractivity contribution in [3.63, 3.8) is 0 Å². The standard InChI is InChI=1S/C16H23N3O/c1-18(15(20)16(17)9-10-16)14-8-5-11-19(12-14)13-6-3-2-4-7-13/h2-4,6-7,14H,5,8-12,17H2,1H3. The Labute approximate surface area is 120 Å². The number of anilines is 1. The Balaban J connectivity index is 1.67. The second-order valence-corrected chi connectivity index (χ2v) is 6.15. The number of benzene rings is 1. The Bertz CT molecular complexity index is 484. The molecule has 0 bridgehead atoms. The van der Waals surface area contributed by atoms with E-state index in [-0.39, 0.29) is 11.9 Å². The number of carbonyl (C=O) groups is 1. The van der Waals surface area contributed by atoms with Gasteiger partial charge in [0.15, 0.2) is 0 Å². The number of hydrogen-bond donors (Lipinski definition) is 1. The molecule has 3 rings (SSSR count). The summed E-state index contributed by atoms with van der Waals surface area (Å²) in [6, 6.07) is 10.7. The van der Waals surface area contributed by atoms with E-state index in [1.807, 2.05) is 18.0 Å². The molecule has 20 heavy (non-hydrogen) atoms. The molecule has 4 heteroatoms. The van der Waals surface area contributed by atoms with Crippen LogP contribution >= 0.6 is 0 Å². The third-order valence-electron chi connectivity index (χ3n) is 4.60. The SMILES string of the molecule is CN(C(=O)C1(N)CC1)C1CCCN(c2ccccc2)C1. The summed E-state index contributed by atoms with van der Waals surface area (Å²) in [6.07, 6.45) is 3.87. The van der Waals surface area contributed by atoms with Crippen molar-refractivity contribution in [3.8, 4) is 0 Å². The van der Waals surface area contributed by atoms with Gasteiger partial charge in [0.1, 0.15) is 0 Å². The predicted molar refractivity (Wildman–Crippen MR) is 80.6 cm³/mol. The van der Waals surface area contributed by atoms with Crippen LogP contribution in [0.2, 0.25) is 0 Å². The lowest BCUT2D eigenvalue weighted by Gasteiger charge is -2.39. The van der Waals surface area contributed by atoms with Gasteiger partial charge in [-0.05, 0) is 37.8 Å². The molecular formula is C16H23N3O. The van der Waals surface area contributed by atoms with Crippen LogP contribution in [0.5, 0.6) is 0 Å². The van der Waals surface area contributed by atoms with Crippen LogP contribution in [0, 0.1) is 0 Å². The summed E-state index contributed by atoms with van der Waals surface area (Å²) in [6.45, 7) is 1.97. The van der Waals surface area contributed by atoms with E-state index >= 15 is 0 Å². The Morgan fingerprint density at radius 1 is 1.35 bits per heavy atom. The Morgan fingerprint density at radius 3 is 2.70 bits per heavy atom. The average Bonchev–Trinajstić information content (AvgIpc) is 3.26. The zero-order chi connectivity index (χ0) is 14.2. The maximum absolute atomic E-state index is 12.4. The molecule has 0 spiro atoms. The highest BCUT2D eigenvalue weighted by Crippen LogP contribution is 2.35. The number of nitrogens with two attached hydrogens (primary N) is 1. The zero-order valence-corrected chi connectivity index (χ0v) is 12.1. The summed E-state index contributed by atoms with van der Waals surface area (Å²) >= 11 is 0. The van der Waals surface area contributed by atoms with E-state index in [2.05, 4.69) is 29.2 Å². The third-order valence-corrected chi connectivity index (χ3v) is 4.60. The van der Waals surface area contributed by atoms with Gasteiger partial charge < -0.3 is 15.5 Å². The van der Waals surface area contributed by atoms with E-state index in [0.717, 1.165) is 38.8 Å². The van der Waals surface area contributed by atoms with Crippen molar-refractivity contribution in [2.75, 3.05) is 25.0 Å². The number of piperidine rings is 1. The number of likely N-dealkylation sites (N-methyl/N-ethyl adjacent to an activating group) is 1. The molecule has 1 amide bonds. The molecular weight excluding hydrogens is 250 g/mol. The van der Waals surface area contributed by atoms with E-state index in [1.54, 1.807) is 0 Å². The Morgan fingerprint density at radius 2 is 2.05 bits per heavy atom. The van der Waals surface area contributed by atoms with Crippen molar-refractivity contribution in [2.45, 2.75) is 37.3 Å². The predicted octanol–water partition coefficient (Wildman–Crippen LogP) is 1.61. The molecule has 1 aromatic carbocycles. The lowest BCUT2D eigenvalue weighted by Crippen LogP contribution is -2.53. The summed E-state index contributed by atoms with van der Waals surface area (Å²) in [7, 11) is 1.91. The lowest BCUT2D eigenvalue weighted by molar-refractivity contribution is -0.134. The normalized spacial score (nSPS) is 24.3. The minimum Gasteiger partial charge on any atom is -0.369 e. The number of hydrogen-bond acceptors (Lipinski definition) is 3. The highest BCUT2D eigenvalue weighted by atomic mass is 16.2. The minimum absolute atomic E-state index is 0.123. The topological polar surface area (TPSA) is 49.6 Å². The molecule has 4 nitrogen and oxygen atoms in total. The number of nitrogens with zero attached hydrogens (tertiary/aromatic N) is 2. The van der Waals surface area contributed by atoms with E-state index in [4.69, 9.17) is 5.73 Å². The average molecular weight is 273 g/mol. The molecule has 1 saturated carbocycles. The van der Waals surface area contributed by atoms with Gasteiger partial charge in [-0.2, -0.15) is 0 Å². The molecule has 1 aromatic rings. The van der Waals surface area contributed by atoms with Gasteiger partial charge in [-0.1, -0.05) is 18.2 Å². The number of carbonyl (C=O) groups excluding carboxylic acids is 1. The molecule has 2 N–H and O–H groups in total. The lowest BCUT2D eigenvalue weighted by atomic mass is 10.0. The fraction of sp³-hybridized carbons (Fsp3) is 0.562. The van der Waals surface area contributed by atoms with Crippen LogP contribution < -0.4 is 10.6 Å². The molecule has 1 saturated heterocycles. The van der Waals surface area contributed by atoms with Gasteiger partial charge in [-0.3, -0.25) is 4.79 Å². The molecule has 108 valence electrons. The van der Waals surface area contributed by atoms with Gasteiger partial charge in [-0.25, -0.2) is 0 Å². The van der Waals surface area contributed by atoms with E-state index in [9.17, 15) is 4.79 Å². The van der Waals surface area contributed by atoms with Gasteiger partial charge in [0, 0.05) is 31.9 Å². The first-order valence-corrected chi connectivity index (χ1v) is 7.46. The van der Waals surface area contributed by atoms with E-state index < -0.39 is 5.54 Å². The van der Waals surface area contributed by atoms with Crippen molar-refractivity contribution in [1.82, 2.24) is 4.90 Å². The molecule has 2 aliphatic rings. The first-order valence-electron chi connectivity index (χ1n) is 7.46. The molecule has 1 aliphatic carbocycles. The van der Waals surface area contributed by atoms with Crippen molar-refractivity contribution < 1.29 is 4.79 Å². The minimum atomic E-state index is -0.552. The molecule has 1 aliphatic heterocycles. The van der Waals surface area contributed by atoms with Gasteiger partial charge in [0.25, 0.3) is 0 Å². The van der Waals surface area contributed by atoms with Gasteiger partial charge in [0.05, 0.1) is 5.54 Å². The van der Waals surface area contributed by atoms with E-state index in [0.29, 0.717) is 0 Å². The van der Waals surface area contributed by atoms with Crippen molar-refractivity contribution >= 4 is 11.6 Å². The second kappa shape index (κ2) is 5.09. The molecule has 0 aromatic heterocycles. The largest absolute Gasteiger partial charge is 0.369 e. The van der Waals surface area contributed by atoms with Crippen molar-refractivity contribution in [1.29, 1.82) is 0 Å². The molecule has 0 radical (unpaired) electrons. The van der Waals surface area contributed by atoms with Crippen LogP contribution in [-0.4, -0.2) is 42.5 Å². The molecule has 1 heterocycles. The maximum Gasteiger partial charge on any atom is 0.242 e. The fourth-order valence-corrected chi connectivity index (χ4v) is 3.01. The fourth-order valence-electron chi connectivity index (χ4n) is 3.01. The van der Waals surface area contributed by atoms with Crippen LogP contribution in [-0.2, 0) is 4.79 Å². The van der Waals surface area contributed by atoms with Crippen molar-refractivity contribution in [3.05, 3.63) is 30.3 Å². The van der Waals surface area contributed by atoms with Crippen LogP contribution in [0.3, 0.4) is 0 Å². The highest BCUT2D eigenvalue weighted by Gasteiger charge is 2.48. The van der Waals surface area contributed by atoms with Crippen molar-refractivity contribution in [2.24, 2.45) is 5.73 Å². The smallest absolute Gasteiger partial charge is 0.242 e. The molecule has 1 unspecified atom stereocenters. The van der Waals surface area contributed by atoms with Crippen LogP contribution in [0.15, 0.2) is 30.3 Å². The summed E-state index contributed by atoms with van der Waals surface area (Å²) in [5.41, 5.74) is 6.73. The van der Waals surface area contributed by atoms with E-state index in [1.165, 1.54) is 5.69 Å². The summed E-state index contributed by atoms with van der Waals surface area (Å²) in [5, 5.41) is 0. The van der Waals surface area contributed by atoms with Gasteiger partial charge >= 0.3 is 0 Å². The zero-order valence-electron chi connectivity index (χ0n) is 12.1. The number of rotatable bonds is 3. The first-order chi connectivity index (χ1) is 9.60. The Kier molecular flexibility index (Phi) is 3.42. The van der Waals surface area contributed by atoms with Crippen LogP contribution in [0.25, 0.3) is 0 Å². The maximum atomic E-state index is 12.4. The monoisotopic (exact) mass is 273 g/mol. The highest BCUT2D eigenvalue weighted by molar-refractivity contribution is 5.89. The first kappa shape index (κ1) is 13.4. The summed E-state index contributed by atoms with van der Waals surface area (Å²) in [5.74, 6) is 0.123. The second-order valence-electron chi connectivity index (χ2n) is 6.15. The van der Waals surface area contributed by atoms with Gasteiger partial charge in [-0.15, -0.1) is 0 Å². The molecule has 1 atom stereocenters. The quantitative estimate of drug-likeness (QED) is 0.910. The Hall–Kier alpha value is -1.55. The van der Waals surface area contributed by atoms with Crippen LogP contribution in [0.4, 0.5) is 5.69 Å². The summed E-state index contributed by atoms with van der Waals surface area (Å²) < 4.78 is 0. The number of para-hydroxylation sites is 1.